The average molecular weight is 237 g/mol. The largest absolute Gasteiger partial charge is 0.501 e. The number of hydrogen-bond acceptors (Lipinski definition) is 3. The fourth-order valence-corrected chi connectivity index (χ4v) is 3.15. The lowest BCUT2D eigenvalue weighted by atomic mass is 10.0. The minimum Gasteiger partial charge on any atom is -0.501 e. The lowest BCUT2D eigenvalue weighted by Gasteiger charge is -2.21. The van der Waals surface area contributed by atoms with Crippen molar-refractivity contribution in [1.29, 1.82) is 0 Å². The van der Waals surface area contributed by atoms with Crippen molar-refractivity contribution in [3.8, 4) is 0 Å². The number of ether oxygens (including phenoxy) is 1. The Morgan fingerprint density at radius 2 is 2.38 bits per heavy atom. The summed E-state index contributed by atoms with van der Waals surface area (Å²) in [6, 6.07) is 4.81. The van der Waals surface area contributed by atoms with Gasteiger partial charge >= 0.3 is 0 Å². The molecule has 1 unspecified atom stereocenters. The third-order valence-corrected chi connectivity index (χ3v) is 4.23. The van der Waals surface area contributed by atoms with Crippen molar-refractivity contribution in [2.24, 2.45) is 0 Å². The first-order valence-electron chi connectivity index (χ1n) is 5.91. The molecule has 3 heteroatoms. The average Bonchev–Trinajstić information content (AvgIpc) is 2.80. The molecule has 1 aliphatic rings. The predicted octanol–water partition coefficient (Wildman–Crippen LogP) is 3.27. The summed E-state index contributed by atoms with van der Waals surface area (Å²) in [6.07, 6.45) is 5.34. The van der Waals surface area contributed by atoms with Gasteiger partial charge in [0.05, 0.1) is 18.9 Å². The molecule has 0 aliphatic carbocycles. The molecule has 0 saturated heterocycles. The molecule has 1 atom stereocenters. The van der Waals surface area contributed by atoms with E-state index >= 15 is 0 Å². The van der Waals surface area contributed by atoms with Crippen molar-refractivity contribution >= 4 is 11.3 Å². The summed E-state index contributed by atoms with van der Waals surface area (Å²) in [5.74, 6) is 0. The number of aryl methyl sites for hydroxylation is 1. The van der Waals surface area contributed by atoms with E-state index in [1.807, 2.05) is 24.6 Å². The second kappa shape index (κ2) is 5.51. The van der Waals surface area contributed by atoms with E-state index in [0.717, 1.165) is 25.9 Å². The molecular formula is C13H19NOS. The molecule has 0 spiro atoms. The Morgan fingerprint density at radius 1 is 1.50 bits per heavy atom. The van der Waals surface area contributed by atoms with E-state index in [1.54, 1.807) is 0 Å². The van der Waals surface area contributed by atoms with Crippen molar-refractivity contribution < 1.29 is 4.74 Å². The van der Waals surface area contributed by atoms with Gasteiger partial charge in [0.25, 0.3) is 0 Å². The highest BCUT2D eigenvalue weighted by Gasteiger charge is 2.18. The molecule has 0 bridgehead atoms. The van der Waals surface area contributed by atoms with Crippen molar-refractivity contribution in [2.45, 2.75) is 32.2 Å². The normalized spacial score (nSPS) is 17.8. The summed E-state index contributed by atoms with van der Waals surface area (Å²) < 4.78 is 5.42. The van der Waals surface area contributed by atoms with Gasteiger partial charge in [0.1, 0.15) is 0 Å². The van der Waals surface area contributed by atoms with E-state index in [2.05, 4.69) is 24.4 Å². The zero-order valence-corrected chi connectivity index (χ0v) is 10.8. The van der Waals surface area contributed by atoms with Gasteiger partial charge in [0, 0.05) is 9.75 Å². The second-order valence-electron chi connectivity index (χ2n) is 4.05. The molecule has 0 aromatic carbocycles. The van der Waals surface area contributed by atoms with E-state index in [9.17, 15) is 0 Å². The van der Waals surface area contributed by atoms with Crippen LogP contribution in [0.4, 0.5) is 0 Å². The second-order valence-corrected chi connectivity index (χ2v) is 5.25. The SMILES string of the molecule is CCc1ccc(C(NC)C2=COCCC2)s1. The van der Waals surface area contributed by atoms with E-state index in [1.165, 1.54) is 15.3 Å². The van der Waals surface area contributed by atoms with Crippen LogP contribution < -0.4 is 5.32 Å². The molecule has 2 rings (SSSR count). The number of likely N-dealkylation sites (N-methyl/N-ethyl adjacent to an activating group) is 1. The highest BCUT2D eigenvalue weighted by Crippen LogP contribution is 2.31. The Morgan fingerprint density at radius 3 is 2.94 bits per heavy atom. The molecule has 0 fully saturated rings. The molecule has 0 saturated carbocycles. The molecule has 16 heavy (non-hydrogen) atoms. The van der Waals surface area contributed by atoms with E-state index in [4.69, 9.17) is 4.74 Å². The molecule has 1 aromatic heterocycles. The molecule has 1 N–H and O–H groups in total. The standard InChI is InChI=1S/C13H19NOS/c1-3-11-6-7-12(16-11)13(14-2)10-5-4-8-15-9-10/h6-7,9,13-14H,3-5,8H2,1-2H3. The van der Waals surface area contributed by atoms with Crippen LogP contribution in [0, 0.1) is 0 Å². The topological polar surface area (TPSA) is 21.3 Å². The Hall–Kier alpha value is -0.800. The van der Waals surface area contributed by atoms with Gasteiger partial charge in [0.15, 0.2) is 0 Å². The summed E-state index contributed by atoms with van der Waals surface area (Å²) in [6.45, 7) is 3.07. The summed E-state index contributed by atoms with van der Waals surface area (Å²) in [5.41, 5.74) is 1.37. The smallest absolute Gasteiger partial charge is 0.0876 e. The van der Waals surface area contributed by atoms with Crippen LogP contribution in [-0.2, 0) is 11.2 Å². The van der Waals surface area contributed by atoms with Gasteiger partial charge in [-0.25, -0.2) is 0 Å². The zero-order valence-electron chi connectivity index (χ0n) is 9.95. The monoisotopic (exact) mass is 237 g/mol. The fraction of sp³-hybridized carbons (Fsp3) is 0.538. The lowest BCUT2D eigenvalue weighted by Crippen LogP contribution is -2.19. The van der Waals surface area contributed by atoms with E-state index in [-0.39, 0.29) is 0 Å². The molecule has 1 aromatic rings. The van der Waals surface area contributed by atoms with Gasteiger partial charge in [-0.15, -0.1) is 11.3 Å². The minimum absolute atomic E-state index is 0.339. The third-order valence-electron chi connectivity index (χ3n) is 2.94. The Balaban J connectivity index is 2.17. The Bertz CT molecular complexity index is 370. The van der Waals surface area contributed by atoms with Gasteiger partial charge < -0.3 is 10.1 Å². The number of nitrogens with one attached hydrogen (secondary N) is 1. The van der Waals surface area contributed by atoms with Gasteiger partial charge in [0.2, 0.25) is 0 Å². The van der Waals surface area contributed by atoms with Crippen molar-refractivity contribution in [3.63, 3.8) is 0 Å². The van der Waals surface area contributed by atoms with Crippen molar-refractivity contribution in [3.05, 3.63) is 33.7 Å². The molecule has 0 radical (unpaired) electrons. The maximum Gasteiger partial charge on any atom is 0.0876 e. The predicted molar refractivity (Wildman–Crippen MR) is 68.8 cm³/mol. The van der Waals surface area contributed by atoms with Gasteiger partial charge in [-0.2, -0.15) is 0 Å². The lowest BCUT2D eigenvalue weighted by molar-refractivity contribution is 0.220. The summed E-state index contributed by atoms with van der Waals surface area (Å²) in [4.78, 5) is 2.85. The molecular weight excluding hydrogens is 218 g/mol. The van der Waals surface area contributed by atoms with Crippen LogP contribution in [0.3, 0.4) is 0 Å². The number of hydrogen-bond donors (Lipinski definition) is 1. The quantitative estimate of drug-likeness (QED) is 0.868. The Kier molecular flexibility index (Phi) is 4.02. The first kappa shape index (κ1) is 11.7. The summed E-state index contributed by atoms with van der Waals surface area (Å²) >= 11 is 1.90. The molecule has 2 nitrogen and oxygen atoms in total. The van der Waals surface area contributed by atoms with Crippen molar-refractivity contribution in [1.82, 2.24) is 5.32 Å². The van der Waals surface area contributed by atoms with Crippen LogP contribution in [0.5, 0.6) is 0 Å². The summed E-state index contributed by atoms with van der Waals surface area (Å²) in [5, 5.41) is 3.39. The van der Waals surface area contributed by atoms with Crippen LogP contribution in [0.25, 0.3) is 0 Å². The van der Waals surface area contributed by atoms with Crippen LogP contribution in [0.1, 0.15) is 35.6 Å². The van der Waals surface area contributed by atoms with Crippen LogP contribution in [0.2, 0.25) is 0 Å². The third kappa shape index (κ3) is 2.47. The van der Waals surface area contributed by atoms with E-state index < -0.39 is 0 Å². The van der Waals surface area contributed by atoms with Gasteiger partial charge in [-0.1, -0.05) is 6.92 Å². The minimum atomic E-state index is 0.339. The summed E-state index contributed by atoms with van der Waals surface area (Å²) in [7, 11) is 2.02. The van der Waals surface area contributed by atoms with Crippen LogP contribution >= 0.6 is 11.3 Å². The van der Waals surface area contributed by atoms with Gasteiger partial charge in [-0.3, -0.25) is 0 Å². The van der Waals surface area contributed by atoms with Crippen LogP contribution in [0.15, 0.2) is 24.0 Å². The maximum absolute atomic E-state index is 5.42. The highest BCUT2D eigenvalue weighted by atomic mass is 32.1. The first-order chi connectivity index (χ1) is 7.85. The van der Waals surface area contributed by atoms with Crippen molar-refractivity contribution in [2.75, 3.05) is 13.7 Å². The fourth-order valence-electron chi connectivity index (χ4n) is 2.05. The molecule has 0 amide bonds. The first-order valence-corrected chi connectivity index (χ1v) is 6.73. The van der Waals surface area contributed by atoms with Crippen LogP contribution in [-0.4, -0.2) is 13.7 Å². The zero-order chi connectivity index (χ0) is 11.4. The molecule has 1 aliphatic heterocycles. The van der Waals surface area contributed by atoms with Gasteiger partial charge in [-0.05, 0) is 44.0 Å². The maximum atomic E-state index is 5.42. The number of rotatable bonds is 4. The number of thiophene rings is 1. The molecule has 2 heterocycles. The van der Waals surface area contributed by atoms with E-state index in [0.29, 0.717) is 6.04 Å². The Labute approximate surface area is 101 Å². The highest BCUT2D eigenvalue weighted by molar-refractivity contribution is 7.12. The molecule has 88 valence electrons.